The van der Waals surface area contributed by atoms with Crippen LogP contribution in [-0.2, 0) is 4.79 Å². The number of benzene rings is 1. The SMILES string of the molecule is COc1ccc(NC(C)=O)c(Cl)c1OCC(F)(F)F. The van der Waals surface area contributed by atoms with Gasteiger partial charge in [0.25, 0.3) is 0 Å². The van der Waals surface area contributed by atoms with Gasteiger partial charge in [-0.2, -0.15) is 13.2 Å². The van der Waals surface area contributed by atoms with Crippen molar-refractivity contribution in [2.24, 2.45) is 0 Å². The van der Waals surface area contributed by atoms with Gasteiger partial charge in [0, 0.05) is 6.92 Å². The van der Waals surface area contributed by atoms with Crippen LogP contribution in [0.4, 0.5) is 18.9 Å². The van der Waals surface area contributed by atoms with Crippen LogP contribution in [0.5, 0.6) is 11.5 Å². The third kappa shape index (κ3) is 4.51. The van der Waals surface area contributed by atoms with Crippen LogP contribution in [0.1, 0.15) is 6.92 Å². The number of anilines is 1. The van der Waals surface area contributed by atoms with Crippen LogP contribution in [0.3, 0.4) is 0 Å². The Labute approximate surface area is 112 Å². The maximum atomic E-state index is 12.1. The monoisotopic (exact) mass is 297 g/mol. The minimum Gasteiger partial charge on any atom is -0.493 e. The quantitative estimate of drug-likeness (QED) is 0.928. The topological polar surface area (TPSA) is 47.6 Å². The molecule has 1 aromatic carbocycles. The van der Waals surface area contributed by atoms with E-state index in [0.29, 0.717) is 0 Å². The highest BCUT2D eigenvalue weighted by Gasteiger charge is 2.30. The van der Waals surface area contributed by atoms with Crippen LogP contribution in [0, 0.1) is 0 Å². The molecule has 0 aliphatic heterocycles. The third-order valence-electron chi connectivity index (χ3n) is 1.97. The lowest BCUT2D eigenvalue weighted by atomic mass is 10.2. The van der Waals surface area contributed by atoms with E-state index in [4.69, 9.17) is 16.3 Å². The van der Waals surface area contributed by atoms with E-state index >= 15 is 0 Å². The molecule has 0 saturated carbocycles. The summed E-state index contributed by atoms with van der Waals surface area (Å²) in [6.07, 6.45) is -4.50. The summed E-state index contributed by atoms with van der Waals surface area (Å²) in [7, 11) is 1.27. The van der Waals surface area contributed by atoms with Gasteiger partial charge in [0.2, 0.25) is 5.91 Å². The molecule has 0 aliphatic rings. The molecule has 0 radical (unpaired) electrons. The number of nitrogens with one attached hydrogen (secondary N) is 1. The van der Waals surface area contributed by atoms with E-state index in [9.17, 15) is 18.0 Å². The third-order valence-corrected chi connectivity index (χ3v) is 2.35. The molecular formula is C11H11ClF3NO3. The maximum absolute atomic E-state index is 12.1. The van der Waals surface area contributed by atoms with Crippen LogP contribution >= 0.6 is 11.6 Å². The first-order valence-electron chi connectivity index (χ1n) is 5.08. The van der Waals surface area contributed by atoms with Gasteiger partial charge in [0.05, 0.1) is 12.8 Å². The van der Waals surface area contributed by atoms with E-state index in [0.717, 1.165) is 0 Å². The van der Waals surface area contributed by atoms with Crippen molar-refractivity contribution in [2.75, 3.05) is 19.0 Å². The molecule has 0 atom stereocenters. The largest absolute Gasteiger partial charge is 0.493 e. The van der Waals surface area contributed by atoms with Gasteiger partial charge in [0.1, 0.15) is 5.02 Å². The van der Waals surface area contributed by atoms with Gasteiger partial charge in [-0.1, -0.05) is 11.6 Å². The smallest absolute Gasteiger partial charge is 0.422 e. The molecule has 0 saturated heterocycles. The zero-order valence-corrected chi connectivity index (χ0v) is 10.9. The summed E-state index contributed by atoms with van der Waals surface area (Å²) in [6, 6.07) is 2.76. The van der Waals surface area contributed by atoms with Crippen LogP contribution in [0.25, 0.3) is 0 Å². The minimum atomic E-state index is -4.50. The Morgan fingerprint density at radius 2 is 2.05 bits per heavy atom. The Bertz CT molecular complexity index is 477. The highest BCUT2D eigenvalue weighted by atomic mass is 35.5. The number of hydrogen-bond donors (Lipinski definition) is 1. The molecule has 0 spiro atoms. The molecule has 19 heavy (non-hydrogen) atoms. The molecule has 0 unspecified atom stereocenters. The van der Waals surface area contributed by atoms with Gasteiger partial charge < -0.3 is 14.8 Å². The molecular weight excluding hydrogens is 287 g/mol. The Balaban J connectivity index is 3.07. The fraction of sp³-hybridized carbons (Fsp3) is 0.364. The lowest BCUT2D eigenvalue weighted by Crippen LogP contribution is -2.19. The predicted octanol–water partition coefficient (Wildman–Crippen LogP) is 3.25. The van der Waals surface area contributed by atoms with Crippen molar-refractivity contribution in [3.63, 3.8) is 0 Å². The number of halogens is 4. The van der Waals surface area contributed by atoms with E-state index in [-0.39, 0.29) is 22.2 Å². The summed E-state index contributed by atoms with van der Waals surface area (Å²) in [4.78, 5) is 10.9. The van der Waals surface area contributed by atoms with E-state index in [1.807, 2.05) is 0 Å². The van der Waals surface area contributed by atoms with Crippen LogP contribution < -0.4 is 14.8 Å². The van der Waals surface area contributed by atoms with Crippen LogP contribution in [0.15, 0.2) is 12.1 Å². The summed E-state index contributed by atoms with van der Waals surface area (Å²) < 4.78 is 45.9. The van der Waals surface area contributed by atoms with Crippen molar-refractivity contribution in [1.29, 1.82) is 0 Å². The first-order valence-corrected chi connectivity index (χ1v) is 5.46. The number of alkyl halides is 3. The minimum absolute atomic E-state index is 0.0448. The van der Waals surface area contributed by atoms with Crippen molar-refractivity contribution in [3.8, 4) is 11.5 Å². The van der Waals surface area contributed by atoms with Gasteiger partial charge >= 0.3 is 6.18 Å². The predicted molar refractivity (Wildman–Crippen MR) is 63.9 cm³/mol. The highest BCUT2D eigenvalue weighted by molar-refractivity contribution is 6.35. The first-order chi connectivity index (χ1) is 8.74. The van der Waals surface area contributed by atoms with E-state index in [1.165, 1.54) is 26.2 Å². The lowest BCUT2D eigenvalue weighted by molar-refractivity contribution is -0.153. The van der Waals surface area contributed by atoms with Crippen molar-refractivity contribution < 1.29 is 27.4 Å². The average molecular weight is 298 g/mol. The fourth-order valence-electron chi connectivity index (χ4n) is 1.27. The number of ether oxygens (including phenoxy) is 2. The molecule has 0 aromatic heterocycles. The Morgan fingerprint density at radius 3 is 2.53 bits per heavy atom. The standard InChI is InChI=1S/C11H11ClF3NO3/c1-6(17)16-7-3-4-8(18-2)10(9(7)12)19-5-11(13,14)15/h3-4H,5H2,1-2H3,(H,16,17). The van der Waals surface area contributed by atoms with Crippen molar-refractivity contribution in [1.82, 2.24) is 0 Å². The van der Waals surface area contributed by atoms with Gasteiger partial charge in [-0.25, -0.2) is 0 Å². The number of carbonyl (C=O) groups is 1. The van der Waals surface area contributed by atoms with Crippen molar-refractivity contribution in [2.45, 2.75) is 13.1 Å². The first kappa shape index (κ1) is 15.4. The molecule has 0 bridgehead atoms. The van der Waals surface area contributed by atoms with Crippen molar-refractivity contribution in [3.05, 3.63) is 17.2 Å². The molecule has 8 heteroatoms. The number of methoxy groups -OCH3 is 1. The number of amides is 1. The van der Waals surface area contributed by atoms with Crippen molar-refractivity contribution >= 4 is 23.2 Å². The molecule has 0 heterocycles. The number of rotatable bonds is 4. The van der Waals surface area contributed by atoms with Crippen LogP contribution in [-0.4, -0.2) is 25.8 Å². The molecule has 4 nitrogen and oxygen atoms in total. The Morgan fingerprint density at radius 1 is 1.42 bits per heavy atom. The maximum Gasteiger partial charge on any atom is 0.422 e. The van der Waals surface area contributed by atoms with E-state index in [1.54, 1.807) is 0 Å². The van der Waals surface area contributed by atoms with Crippen LogP contribution in [0.2, 0.25) is 5.02 Å². The Hall–Kier alpha value is -1.63. The second-order valence-electron chi connectivity index (χ2n) is 3.54. The summed E-state index contributed by atoms with van der Waals surface area (Å²) in [6.45, 7) is -0.261. The highest BCUT2D eigenvalue weighted by Crippen LogP contribution is 2.40. The fourth-order valence-corrected chi connectivity index (χ4v) is 1.53. The zero-order chi connectivity index (χ0) is 14.6. The second-order valence-corrected chi connectivity index (χ2v) is 3.92. The molecule has 1 aromatic rings. The zero-order valence-electron chi connectivity index (χ0n) is 10.1. The average Bonchev–Trinajstić information content (AvgIpc) is 2.28. The number of hydrogen-bond acceptors (Lipinski definition) is 3. The van der Waals surface area contributed by atoms with Gasteiger partial charge in [-0.15, -0.1) is 0 Å². The van der Waals surface area contributed by atoms with E-state index < -0.39 is 18.7 Å². The molecule has 0 fully saturated rings. The van der Waals surface area contributed by atoms with Gasteiger partial charge in [-0.05, 0) is 12.1 Å². The normalized spacial score (nSPS) is 11.1. The second kappa shape index (κ2) is 6.01. The summed E-state index contributed by atoms with van der Waals surface area (Å²) in [5, 5.41) is 2.22. The lowest BCUT2D eigenvalue weighted by Gasteiger charge is -2.16. The molecule has 1 amide bonds. The number of carbonyl (C=O) groups excluding carboxylic acids is 1. The summed E-state index contributed by atoms with van der Waals surface area (Å²) in [5.74, 6) is -0.634. The van der Waals surface area contributed by atoms with Gasteiger partial charge in [0.15, 0.2) is 18.1 Å². The van der Waals surface area contributed by atoms with E-state index in [2.05, 4.69) is 10.1 Å². The molecule has 1 rings (SSSR count). The Kier molecular flexibility index (Phi) is 4.88. The van der Waals surface area contributed by atoms with Gasteiger partial charge in [-0.3, -0.25) is 4.79 Å². The summed E-state index contributed by atoms with van der Waals surface area (Å²) >= 11 is 5.88. The summed E-state index contributed by atoms with van der Waals surface area (Å²) in [5.41, 5.74) is 0.146. The molecule has 106 valence electrons. The molecule has 0 aliphatic carbocycles. The molecule has 1 N–H and O–H groups in total.